The molecule has 4 nitrogen and oxygen atoms in total. The molecule has 1 saturated carbocycles. The van der Waals surface area contributed by atoms with Crippen LogP contribution >= 0.6 is 0 Å². The zero-order chi connectivity index (χ0) is 13.9. The molecule has 0 aliphatic heterocycles. The average molecular weight is 261 g/mol. The first-order valence-electron chi connectivity index (χ1n) is 6.93. The maximum Gasteiger partial charge on any atom is 0.318 e. The molecule has 0 aromatic heterocycles. The minimum absolute atomic E-state index is 0.127. The van der Waals surface area contributed by atoms with E-state index >= 15 is 0 Å². The highest BCUT2D eigenvalue weighted by Crippen LogP contribution is 2.39. The first kappa shape index (κ1) is 13.9. The number of primary amides is 1. The molecule has 2 amide bonds. The van der Waals surface area contributed by atoms with Gasteiger partial charge in [0.15, 0.2) is 0 Å². The summed E-state index contributed by atoms with van der Waals surface area (Å²) in [5.41, 5.74) is 13.5. The molecule has 1 fully saturated rings. The Morgan fingerprint density at radius 1 is 1.21 bits per heavy atom. The first-order chi connectivity index (χ1) is 9.09. The van der Waals surface area contributed by atoms with Gasteiger partial charge in [0, 0.05) is 24.7 Å². The molecule has 4 N–H and O–H groups in total. The predicted octanol–water partition coefficient (Wildman–Crippen LogP) is 2.36. The zero-order valence-electron chi connectivity index (χ0n) is 11.6. The summed E-state index contributed by atoms with van der Waals surface area (Å²) in [5, 5.41) is 0. The largest absolute Gasteiger partial charge is 0.351 e. The molecule has 0 spiro atoms. The van der Waals surface area contributed by atoms with Gasteiger partial charge in [-0.15, -0.1) is 0 Å². The van der Waals surface area contributed by atoms with Gasteiger partial charge in [0.2, 0.25) is 0 Å². The van der Waals surface area contributed by atoms with E-state index in [9.17, 15) is 4.79 Å². The number of nitrogens with two attached hydrogens (primary N) is 2. The maximum atomic E-state index is 11.1. The van der Waals surface area contributed by atoms with Gasteiger partial charge in [-0.25, -0.2) is 4.79 Å². The fourth-order valence-electron chi connectivity index (χ4n) is 3.01. The van der Waals surface area contributed by atoms with Gasteiger partial charge < -0.3 is 11.5 Å². The van der Waals surface area contributed by atoms with Crippen LogP contribution in [0, 0.1) is 0 Å². The number of amides is 2. The Bertz CT molecular complexity index is 435. The summed E-state index contributed by atoms with van der Waals surface area (Å²) < 4.78 is 0. The normalized spacial score (nSPS) is 18.0. The molecule has 1 aromatic rings. The molecule has 0 atom stereocenters. The predicted molar refractivity (Wildman–Crippen MR) is 78.2 cm³/mol. The van der Waals surface area contributed by atoms with Crippen molar-refractivity contribution in [1.82, 2.24) is 0 Å². The summed E-state index contributed by atoms with van der Waals surface area (Å²) >= 11 is 0. The maximum absolute atomic E-state index is 11.1. The van der Waals surface area contributed by atoms with Crippen LogP contribution in [0.15, 0.2) is 24.3 Å². The molecule has 0 unspecified atom stereocenters. The van der Waals surface area contributed by atoms with Crippen LogP contribution in [-0.2, 0) is 5.41 Å². The van der Waals surface area contributed by atoms with Crippen molar-refractivity contribution in [2.24, 2.45) is 11.5 Å². The van der Waals surface area contributed by atoms with E-state index < -0.39 is 6.03 Å². The number of urea groups is 1. The Labute approximate surface area is 114 Å². The molecule has 1 aliphatic rings. The summed E-state index contributed by atoms with van der Waals surface area (Å²) in [6.07, 6.45) is 6.13. The third-order valence-electron chi connectivity index (χ3n) is 4.40. The van der Waals surface area contributed by atoms with E-state index in [-0.39, 0.29) is 5.41 Å². The van der Waals surface area contributed by atoms with E-state index in [2.05, 4.69) is 12.1 Å². The molecule has 0 radical (unpaired) electrons. The van der Waals surface area contributed by atoms with E-state index in [1.54, 1.807) is 7.05 Å². The van der Waals surface area contributed by atoms with Crippen molar-refractivity contribution in [2.45, 2.75) is 37.5 Å². The quantitative estimate of drug-likeness (QED) is 0.876. The second-order valence-electron chi connectivity index (χ2n) is 5.49. The molecule has 1 aliphatic carbocycles. The molecule has 2 rings (SSSR count). The van der Waals surface area contributed by atoms with E-state index in [0.29, 0.717) is 6.54 Å². The highest BCUT2D eigenvalue weighted by Gasteiger charge is 2.32. The molecule has 0 bridgehead atoms. The van der Waals surface area contributed by atoms with E-state index in [1.165, 1.54) is 29.7 Å². The number of hydrogen-bond donors (Lipinski definition) is 2. The Kier molecular flexibility index (Phi) is 4.10. The highest BCUT2D eigenvalue weighted by atomic mass is 16.2. The van der Waals surface area contributed by atoms with Gasteiger partial charge in [0.05, 0.1) is 0 Å². The van der Waals surface area contributed by atoms with Gasteiger partial charge in [-0.3, -0.25) is 4.90 Å². The van der Waals surface area contributed by atoms with Crippen LogP contribution in [0.4, 0.5) is 10.5 Å². The number of hydrogen-bond acceptors (Lipinski definition) is 2. The van der Waals surface area contributed by atoms with Gasteiger partial charge in [-0.1, -0.05) is 31.4 Å². The summed E-state index contributed by atoms with van der Waals surface area (Å²) in [5.74, 6) is 0. The fourth-order valence-corrected chi connectivity index (χ4v) is 3.01. The van der Waals surface area contributed by atoms with Crippen molar-refractivity contribution in [3.05, 3.63) is 29.8 Å². The number of carbonyl (C=O) groups is 1. The lowest BCUT2D eigenvalue weighted by Crippen LogP contribution is -2.37. The summed E-state index contributed by atoms with van der Waals surface area (Å²) in [7, 11) is 1.68. The standard InChI is InChI=1S/C15H23N3O/c1-18(14(17)19)13-7-5-12(6-8-13)15(11-16)9-3-2-4-10-15/h5-8H,2-4,9-11,16H2,1H3,(H2,17,19). The summed E-state index contributed by atoms with van der Waals surface area (Å²) in [6.45, 7) is 0.692. The van der Waals surface area contributed by atoms with Gasteiger partial charge in [-0.2, -0.15) is 0 Å². The van der Waals surface area contributed by atoms with E-state index in [4.69, 9.17) is 11.5 Å². The van der Waals surface area contributed by atoms with Crippen LogP contribution in [0.5, 0.6) is 0 Å². The van der Waals surface area contributed by atoms with E-state index in [0.717, 1.165) is 18.5 Å². The number of nitrogens with zero attached hydrogens (tertiary/aromatic N) is 1. The fraction of sp³-hybridized carbons (Fsp3) is 0.533. The topological polar surface area (TPSA) is 72.3 Å². The van der Waals surface area contributed by atoms with Crippen molar-refractivity contribution in [1.29, 1.82) is 0 Å². The Hall–Kier alpha value is -1.55. The van der Waals surface area contributed by atoms with Gasteiger partial charge in [-0.05, 0) is 30.5 Å². The second kappa shape index (κ2) is 5.61. The molecular weight excluding hydrogens is 238 g/mol. The monoisotopic (exact) mass is 261 g/mol. The average Bonchev–Trinajstić information content (AvgIpc) is 2.47. The minimum Gasteiger partial charge on any atom is -0.351 e. The van der Waals surface area contributed by atoms with Crippen LogP contribution in [0.25, 0.3) is 0 Å². The smallest absolute Gasteiger partial charge is 0.318 e. The molecule has 0 heterocycles. The minimum atomic E-state index is -0.445. The number of rotatable bonds is 3. The number of carbonyl (C=O) groups excluding carboxylic acids is 1. The van der Waals surface area contributed by atoms with Crippen LogP contribution < -0.4 is 16.4 Å². The lowest BCUT2D eigenvalue weighted by molar-refractivity contribution is 0.255. The van der Waals surface area contributed by atoms with Gasteiger partial charge in [0.1, 0.15) is 0 Å². The zero-order valence-corrected chi connectivity index (χ0v) is 11.6. The van der Waals surface area contributed by atoms with Crippen molar-refractivity contribution >= 4 is 11.7 Å². The summed E-state index contributed by atoms with van der Waals surface area (Å²) in [6, 6.07) is 7.64. The third kappa shape index (κ3) is 2.73. The van der Waals surface area contributed by atoms with Crippen LogP contribution in [0.1, 0.15) is 37.7 Å². The lowest BCUT2D eigenvalue weighted by Gasteiger charge is -2.37. The van der Waals surface area contributed by atoms with Crippen molar-refractivity contribution in [3.8, 4) is 0 Å². The summed E-state index contributed by atoms with van der Waals surface area (Å²) in [4.78, 5) is 12.6. The highest BCUT2D eigenvalue weighted by molar-refractivity contribution is 5.89. The molecule has 1 aromatic carbocycles. The lowest BCUT2D eigenvalue weighted by atomic mass is 9.69. The Morgan fingerprint density at radius 2 is 1.79 bits per heavy atom. The third-order valence-corrected chi connectivity index (χ3v) is 4.40. The second-order valence-corrected chi connectivity index (χ2v) is 5.49. The molecule has 4 heteroatoms. The first-order valence-corrected chi connectivity index (χ1v) is 6.93. The van der Waals surface area contributed by atoms with Crippen molar-refractivity contribution < 1.29 is 4.79 Å². The molecule has 104 valence electrons. The van der Waals surface area contributed by atoms with Gasteiger partial charge >= 0.3 is 6.03 Å². The van der Waals surface area contributed by atoms with Crippen molar-refractivity contribution in [3.63, 3.8) is 0 Å². The Morgan fingerprint density at radius 3 is 2.26 bits per heavy atom. The SMILES string of the molecule is CN(C(N)=O)c1ccc(C2(CN)CCCCC2)cc1. The van der Waals surface area contributed by atoms with Crippen molar-refractivity contribution in [2.75, 3.05) is 18.5 Å². The molecule has 19 heavy (non-hydrogen) atoms. The number of anilines is 1. The van der Waals surface area contributed by atoms with Gasteiger partial charge in [0.25, 0.3) is 0 Å². The van der Waals surface area contributed by atoms with Crippen LogP contribution in [0.2, 0.25) is 0 Å². The molecule has 0 saturated heterocycles. The van der Waals surface area contributed by atoms with Crippen LogP contribution in [0.3, 0.4) is 0 Å². The Balaban J connectivity index is 2.23. The molecular formula is C15H23N3O. The van der Waals surface area contributed by atoms with Crippen LogP contribution in [-0.4, -0.2) is 19.6 Å². The van der Waals surface area contributed by atoms with E-state index in [1.807, 2.05) is 12.1 Å². The number of benzene rings is 1.